The van der Waals surface area contributed by atoms with Crippen LogP contribution >= 0.6 is 0 Å². The summed E-state index contributed by atoms with van der Waals surface area (Å²) in [6.45, 7) is -1.10. The van der Waals surface area contributed by atoms with E-state index >= 15 is 0 Å². The highest BCUT2D eigenvalue weighted by Crippen LogP contribution is 2.23. The lowest BCUT2D eigenvalue weighted by Gasteiger charge is -2.10. The summed E-state index contributed by atoms with van der Waals surface area (Å²) in [4.78, 5) is 35.3. The van der Waals surface area contributed by atoms with Gasteiger partial charge in [0, 0.05) is 11.3 Å². The molecule has 11 heteroatoms. The van der Waals surface area contributed by atoms with Gasteiger partial charge in [0.2, 0.25) is 0 Å². The Balaban J connectivity index is 1.72. The molecule has 0 saturated heterocycles. The molecule has 0 aliphatic rings. The van der Waals surface area contributed by atoms with Crippen LogP contribution in [0.15, 0.2) is 48.5 Å². The predicted octanol–water partition coefficient (Wildman–Crippen LogP) is 2.51. The number of alkyl halides is 3. The van der Waals surface area contributed by atoms with Crippen LogP contribution in [0.2, 0.25) is 0 Å². The molecule has 0 atom stereocenters. The standard InChI is InChI=1S/C19H17F3N2O6/c1-28-14-6-2-12(3-7-14)18(27)23-10-17(26)29-11-16(25)24-13-4-8-15(9-5-13)30-19(20,21)22/h2-9H,10-11H2,1H3,(H,23,27)(H,24,25). The maximum atomic E-state index is 12.1. The molecule has 0 aliphatic carbocycles. The number of amides is 2. The number of anilines is 1. The zero-order valence-corrected chi connectivity index (χ0v) is 15.6. The van der Waals surface area contributed by atoms with Crippen LogP contribution in [0.4, 0.5) is 18.9 Å². The molecule has 8 nitrogen and oxygen atoms in total. The molecule has 0 bridgehead atoms. The van der Waals surface area contributed by atoms with E-state index in [1.54, 1.807) is 12.1 Å². The molecule has 2 aromatic carbocycles. The summed E-state index contributed by atoms with van der Waals surface area (Å²) < 4.78 is 49.7. The Labute approximate surface area is 168 Å². The molecule has 0 spiro atoms. The van der Waals surface area contributed by atoms with Crippen molar-refractivity contribution in [2.45, 2.75) is 6.36 Å². The summed E-state index contributed by atoms with van der Waals surface area (Å²) in [6, 6.07) is 10.6. The van der Waals surface area contributed by atoms with Crippen molar-refractivity contribution in [2.75, 3.05) is 25.6 Å². The molecule has 2 N–H and O–H groups in total. The maximum Gasteiger partial charge on any atom is 0.573 e. The SMILES string of the molecule is COc1ccc(C(=O)NCC(=O)OCC(=O)Nc2ccc(OC(F)(F)F)cc2)cc1. The fourth-order valence-electron chi connectivity index (χ4n) is 2.13. The van der Waals surface area contributed by atoms with Gasteiger partial charge in [-0.1, -0.05) is 0 Å². The third-order valence-electron chi connectivity index (χ3n) is 3.48. The summed E-state index contributed by atoms with van der Waals surface area (Å²) in [7, 11) is 1.48. The Morgan fingerprint density at radius 1 is 0.933 bits per heavy atom. The number of carbonyl (C=O) groups excluding carboxylic acids is 3. The zero-order valence-electron chi connectivity index (χ0n) is 15.6. The summed E-state index contributed by atoms with van der Waals surface area (Å²) >= 11 is 0. The minimum atomic E-state index is -4.82. The highest BCUT2D eigenvalue weighted by atomic mass is 19.4. The Hall–Kier alpha value is -3.76. The number of ether oxygens (including phenoxy) is 3. The lowest BCUT2D eigenvalue weighted by molar-refractivity contribution is -0.274. The van der Waals surface area contributed by atoms with E-state index in [1.165, 1.54) is 31.4 Å². The smallest absolute Gasteiger partial charge is 0.497 e. The first-order chi connectivity index (χ1) is 14.2. The number of hydrogen-bond acceptors (Lipinski definition) is 6. The average Bonchev–Trinajstić information content (AvgIpc) is 2.71. The number of methoxy groups -OCH3 is 1. The van der Waals surface area contributed by atoms with E-state index < -0.39 is 43.0 Å². The van der Waals surface area contributed by atoms with Crippen LogP contribution in [0.3, 0.4) is 0 Å². The van der Waals surface area contributed by atoms with Gasteiger partial charge in [-0.25, -0.2) is 0 Å². The first-order valence-electron chi connectivity index (χ1n) is 8.40. The summed E-state index contributed by atoms with van der Waals surface area (Å²) in [5, 5.41) is 4.68. The monoisotopic (exact) mass is 426 g/mol. The molecular weight excluding hydrogens is 409 g/mol. The largest absolute Gasteiger partial charge is 0.573 e. The quantitative estimate of drug-likeness (QED) is 0.629. The number of esters is 1. The van der Waals surface area contributed by atoms with Gasteiger partial charge in [0.1, 0.15) is 18.0 Å². The van der Waals surface area contributed by atoms with Gasteiger partial charge >= 0.3 is 12.3 Å². The van der Waals surface area contributed by atoms with Crippen molar-refractivity contribution in [2.24, 2.45) is 0 Å². The van der Waals surface area contributed by atoms with Crippen LogP contribution in [0.25, 0.3) is 0 Å². The Morgan fingerprint density at radius 3 is 2.10 bits per heavy atom. The maximum absolute atomic E-state index is 12.1. The Bertz CT molecular complexity index is 883. The van der Waals surface area contributed by atoms with Crippen molar-refractivity contribution >= 4 is 23.5 Å². The van der Waals surface area contributed by atoms with Crippen LogP contribution in [0.1, 0.15) is 10.4 Å². The van der Waals surface area contributed by atoms with Gasteiger partial charge in [-0.15, -0.1) is 13.2 Å². The fourth-order valence-corrected chi connectivity index (χ4v) is 2.13. The summed E-state index contributed by atoms with van der Waals surface area (Å²) in [5.74, 6) is -1.95. The number of benzene rings is 2. The van der Waals surface area contributed by atoms with E-state index in [0.29, 0.717) is 11.3 Å². The van der Waals surface area contributed by atoms with Crippen molar-refractivity contribution < 1.29 is 41.8 Å². The molecule has 0 radical (unpaired) electrons. The highest BCUT2D eigenvalue weighted by Gasteiger charge is 2.30. The lowest BCUT2D eigenvalue weighted by Crippen LogP contribution is -2.32. The van der Waals surface area contributed by atoms with Gasteiger partial charge in [0.15, 0.2) is 6.61 Å². The third kappa shape index (κ3) is 7.70. The normalized spacial score (nSPS) is 10.7. The zero-order chi connectivity index (χ0) is 22.1. The molecule has 0 aliphatic heterocycles. The lowest BCUT2D eigenvalue weighted by atomic mass is 10.2. The van der Waals surface area contributed by atoms with Crippen molar-refractivity contribution in [3.05, 3.63) is 54.1 Å². The second-order valence-electron chi connectivity index (χ2n) is 5.69. The van der Waals surface area contributed by atoms with E-state index in [2.05, 4.69) is 15.4 Å². The van der Waals surface area contributed by atoms with E-state index in [1.807, 2.05) is 0 Å². The minimum Gasteiger partial charge on any atom is -0.497 e. The average molecular weight is 426 g/mol. The van der Waals surface area contributed by atoms with Gasteiger partial charge in [0.25, 0.3) is 11.8 Å². The molecule has 0 heterocycles. The van der Waals surface area contributed by atoms with Crippen LogP contribution in [-0.4, -0.2) is 44.4 Å². The second-order valence-corrected chi connectivity index (χ2v) is 5.69. The van der Waals surface area contributed by atoms with E-state index in [0.717, 1.165) is 12.1 Å². The van der Waals surface area contributed by atoms with Crippen LogP contribution in [-0.2, 0) is 14.3 Å². The summed E-state index contributed by atoms with van der Waals surface area (Å²) in [5.41, 5.74) is 0.484. The minimum absolute atomic E-state index is 0.179. The van der Waals surface area contributed by atoms with Gasteiger partial charge in [-0.3, -0.25) is 14.4 Å². The van der Waals surface area contributed by atoms with Gasteiger partial charge in [0.05, 0.1) is 7.11 Å². The van der Waals surface area contributed by atoms with E-state index in [-0.39, 0.29) is 5.69 Å². The topological polar surface area (TPSA) is 103 Å². The Morgan fingerprint density at radius 2 is 1.53 bits per heavy atom. The molecular formula is C19H17F3N2O6. The van der Waals surface area contributed by atoms with Crippen molar-refractivity contribution in [3.63, 3.8) is 0 Å². The first-order valence-corrected chi connectivity index (χ1v) is 8.40. The molecule has 160 valence electrons. The highest BCUT2D eigenvalue weighted by molar-refractivity contribution is 5.96. The molecule has 0 saturated carbocycles. The van der Waals surface area contributed by atoms with Gasteiger partial charge in [-0.2, -0.15) is 0 Å². The van der Waals surface area contributed by atoms with Crippen molar-refractivity contribution in [1.29, 1.82) is 0 Å². The Kier molecular flexibility index (Phi) is 7.62. The van der Waals surface area contributed by atoms with Gasteiger partial charge < -0.3 is 24.8 Å². The number of carbonyl (C=O) groups is 3. The molecule has 0 unspecified atom stereocenters. The molecule has 0 aromatic heterocycles. The first kappa shape index (κ1) is 22.5. The van der Waals surface area contributed by atoms with Crippen LogP contribution in [0.5, 0.6) is 11.5 Å². The number of hydrogen-bond donors (Lipinski definition) is 2. The predicted molar refractivity (Wildman–Crippen MR) is 98.0 cm³/mol. The van der Waals surface area contributed by atoms with Crippen molar-refractivity contribution in [1.82, 2.24) is 5.32 Å². The molecule has 30 heavy (non-hydrogen) atoms. The molecule has 2 aromatic rings. The van der Waals surface area contributed by atoms with Crippen molar-refractivity contribution in [3.8, 4) is 11.5 Å². The third-order valence-corrected chi connectivity index (χ3v) is 3.48. The fraction of sp³-hybridized carbons (Fsp3) is 0.211. The number of rotatable bonds is 8. The number of halogens is 3. The number of nitrogens with one attached hydrogen (secondary N) is 2. The second kappa shape index (κ2) is 10.1. The van der Waals surface area contributed by atoms with Crippen LogP contribution < -0.4 is 20.1 Å². The van der Waals surface area contributed by atoms with Crippen LogP contribution in [0, 0.1) is 0 Å². The van der Waals surface area contributed by atoms with E-state index in [9.17, 15) is 27.6 Å². The molecule has 0 fully saturated rings. The van der Waals surface area contributed by atoms with Gasteiger partial charge in [-0.05, 0) is 48.5 Å². The van der Waals surface area contributed by atoms with E-state index in [4.69, 9.17) is 9.47 Å². The molecule has 2 rings (SSSR count). The molecule has 2 amide bonds. The summed E-state index contributed by atoms with van der Waals surface area (Å²) in [6.07, 6.45) is -4.82.